The Morgan fingerprint density at radius 1 is 1.43 bits per heavy atom. The van der Waals surface area contributed by atoms with E-state index >= 15 is 0 Å². The number of anilines is 1. The quantitative estimate of drug-likeness (QED) is 0.905. The second-order valence-electron chi connectivity index (χ2n) is 4.75. The third-order valence-electron chi connectivity index (χ3n) is 2.91. The first kappa shape index (κ1) is 15.8. The molecule has 0 spiro atoms. The Morgan fingerprint density at radius 2 is 2.14 bits per heavy atom. The molecule has 0 saturated carbocycles. The highest BCUT2D eigenvalue weighted by atomic mass is 35.5. The van der Waals surface area contributed by atoms with Crippen LogP contribution in [0.1, 0.15) is 12.5 Å². The normalized spacial score (nSPS) is 12.2. The van der Waals surface area contributed by atoms with Crippen molar-refractivity contribution < 1.29 is 5.11 Å². The number of rotatable bonds is 4. The number of benzene rings is 1. The van der Waals surface area contributed by atoms with Crippen molar-refractivity contribution in [2.75, 3.05) is 11.9 Å². The van der Waals surface area contributed by atoms with Gasteiger partial charge in [-0.1, -0.05) is 29.3 Å². The molecule has 0 bridgehead atoms. The van der Waals surface area contributed by atoms with Crippen molar-refractivity contribution in [1.82, 2.24) is 9.78 Å². The topological polar surface area (TPSA) is 67.2 Å². The van der Waals surface area contributed by atoms with Gasteiger partial charge in [-0.05, 0) is 31.5 Å². The Kier molecular flexibility index (Phi) is 4.88. The Labute approximate surface area is 132 Å². The van der Waals surface area contributed by atoms with Crippen LogP contribution in [-0.4, -0.2) is 27.5 Å². The summed E-state index contributed by atoms with van der Waals surface area (Å²) >= 11 is 12.1. The van der Waals surface area contributed by atoms with Gasteiger partial charge in [0, 0.05) is 11.6 Å². The number of nitrogens with zero attached hydrogens (tertiary/aromatic N) is 2. The molecule has 0 aliphatic carbocycles. The Balaban J connectivity index is 2.40. The first-order chi connectivity index (χ1) is 9.90. The van der Waals surface area contributed by atoms with Crippen LogP contribution in [0.5, 0.6) is 0 Å². The van der Waals surface area contributed by atoms with Crippen molar-refractivity contribution >= 4 is 28.9 Å². The Morgan fingerprint density at radius 3 is 2.76 bits per heavy atom. The van der Waals surface area contributed by atoms with Crippen LogP contribution in [0.25, 0.3) is 5.69 Å². The second-order valence-corrected chi connectivity index (χ2v) is 5.54. The molecule has 1 heterocycles. The molecule has 1 atom stereocenters. The van der Waals surface area contributed by atoms with Gasteiger partial charge in [0.15, 0.2) is 0 Å². The van der Waals surface area contributed by atoms with E-state index in [4.69, 9.17) is 23.2 Å². The van der Waals surface area contributed by atoms with Crippen molar-refractivity contribution in [3.05, 3.63) is 50.4 Å². The molecule has 2 N–H and O–H groups in total. The minimum Gasteiger partial charge on any atom is -0.392 e. The van der Waals surface area contributed by atoms with Gasteiger partial charge in [-0.15, -0.1) is 0 Å². The lowest BCUT2D eigenvalue weighted by molar-refractivity contribution is 0.208. The zero-order chi connectivity index (χ0) is 15.6. The van der Waals surface area contributed by atoms with Crippen LogP contribution in [0, 0.1) is 6.92 Å². The van der Waals surface area contributed by atoms with E-state index in [1.807, 2.05) is 6.92 Å². The molecule has 0 fully saturated rings. The minimum absolute atomic E-state index is 0.0161. The maximum Gasteiger partial charge on any atom is 0.292 e. The predicted molar refractivity (Wildman–Crippen MR) is 84.8 cm³/mol. The molecule has 1 unspecified atom stereocenters. The first-order valence-corrected chi connectivity index (χ1v) is 7.12. The maximum atomic E-state index is 12.3. The van der Waals surface area contributed by atoms with Crippen LogP contribution in [-0.2, 0) is 0 Å². The highest BCUT2D eigenvalue weighted by Gasteiger charge is 2.11. The number of aliphatic hydroxyl groups is 1. The standard InChI is InChI=1S/C14H15Cl2N3O2/c1-8-3-4-10(5-11(8)15)19-14(21)13(16)12(7-18-19)17-6-9(2)20/h3-5,7,9,17,20H,6H2,1-2H3. The number of aryl methyl sites for hydroxylation is 1. The fraction of sp³-hybridized carbons (Fsp3) is 0.286. The molecule has 5 nitrogen and oxygen atoms in total. The molecule has 0 amide bonds. The van der Waals surface area contributed by atoms with Gasteiger partial charge in [-0.25, -0.2) is 0 Å². The van der Waals surface area contributed by atoms with Gasteiger partial charge in [-0.3, -0.25) is 4.79 Å². The van der Waals surface area contributed by atoms with E-state index < -0.39 is 11.7 Å². The van der Waals surface area contributed by atoms with Gasteiger partial charge in [0.1, 0.15) is 5.02 Å². The maximum absolute atomic E-state index is 12.3. The van der Waals surface area contributed by atoms with E-state index in [-0.39, 0.29) is 11.6 Å². The van der Waals surface area contributed by atoms with Crippen LogP contribution in [0.15, 0.2) is 29.2 Å². The molecule has 0 aliphatic heterocycles. The van der Waals surface area contributed by atoms with Gasteiger partial charge in [0.25, 0.3) is 5.56 Å². The van der Waals surface area contributed by atoms with Crippen molar-refractivity contribution in [3.63, 3.8) is 0 Å². The number of aromatic nitrogens is 2. The third kappa shape index (κ3) is 3.56. The van der Waals surface area contributed by atoms with E-state index in [9.17, 15) is 9.90 Å². The summed E-state index contributed by atoms with van der Waals surface area (Å²) in [5.74, 6) is 0. The number of halogens is 2. The van der Waals surface area contributed by atoms with Crippen molar-refractivity contribution in [1.29, 1.82) is 0 Å². The van der Waals surface area contributed by atoms with Gasteiger partial charge < -0.3 is 10.4 Å². The molecule has 112 valence electrons. The predicted octanol–water partition coefficient (Wildman–Crippen LogP) is 2.64. The lowest BCUT2D eigenvalue weighted by Gasteiger charge is -2.11. The van der Waals surface area contributed by atoms with Crippen LogP contribution in [0.3, 0.4) is 0 Å². The number of nitrogens with one attached hydrogen (secondary N) is 1. The highest BCUT2D eigenvalue weighted by molar-refractivity contribution is 6.33. The lowest BCUT2D eigenvalue weighted by atomic mass is 10.2. The molecular weight excluding hydrogens is 313 g/mol. The van der Waals surface area contributed by atoms with Gasteiger partial charge in [0.2, 0.25) is 0 Å². The molecule has 0 saturated heterocycles. The summed E-state index contributed by atoms with van der Waals surface area (Å²) in [6, 6.07) is 5.21. The third-order valence-corrected chi connectivity index (χ3v) is 3.68. The van der Waals surface area contributed by atoms with E-state index in [0.717, 1.165) is 5.56 Å². The molecule has 2 rings (SSSR count). The summed E-state index contributed by atoms with van der Waals surface area (Å²) in [6.45, 7) is 3.78. The number of hydrogen-bond acceptors (Lipinski definition) is 4. The van der Waals surface area contributed by atoms with E-state index in [0.29, 0.717) is 16.4 Å². The SMILES string of the molecule is Cc1ccc(-n2ncc(NCC(C)O)c(Cl)c2=O)cc1Cl. The van der Waals surface area contributed by atoms with Crippen molar-refractivity contribution in [2.45, 2.75) is 20.0 Å². The largest absolute Gasteiger partial charge is 0.392 e. The number of aliphatic hydroxyl groups excluding tert-OH is 1. The molecule has 21 heavy (non-hydrogen) atoms. The molecule has 0 aliphatic rings. The Bertz CT molecular complexity index is 714. The van der Waals surface area contributed by atoms with Crippen LogP contribution >= 0.6 is 23.2 Å². The summed E-state index contributed by atoms with van der Waals surface area (Å²) in [6.07, 6.45) is 0.888. The zero-order valence-electron chi connectivity index (χ0n) is 11.6. The summed E-state index contributed by atoms with van der Waals surface area (Å²) in [5.41, 5.74) is 1.39. The van der Waals surface area contributed by atoms with Crippen LogP contribution in [0.2, 0.25) is 10.0 Å². The van der Waals surface area contributed by atoms with Gasteiger partial charge in [0.05, 0.1) is 23.7 Å². The first-order valence-electron chi connectivity index (χ1n) is 6.36. The molecular formula is C14H15Cl2N3O2. The van der Waals surface area contributed by atoms with E-state index in [1.165, 1.54) is 10.9 Å². The van der Waals surface area contributed by atoms with Crippen LogP contribution in [0.4, 0.5) is 5.69 Å². The van der Waals surface area contributed by atoms with Gasteiger partial charge >= 0.3 is 0 Å². The zero-order valence-corrected chi connectivity index (χ0v) is 13.1. The summed E-state index contributed by atoms with van der Waals surface area (Å²) < 4.78 is 1.18. The minimum atomic E-state index is -0.556. The number of hydrogen-bond donors (Lipinski definition) is 2. The summed E-state index contributed by atoms with van der Waals surface area (Å²) in [5, 5.41) is 16.7. The average Bonchev–Trinajstić information content (AvgIpc) is 2.43. The molecule has 0 radical (unpaired) electrons. The molecule has 7 heteroatoms. The summed E-state index contributed by atoms with van der Waals surface area (Å²) in [7, 11) is 0. The highest BCUT2D eigenvalue weighted by Crippen LogP contribution is 2.20. The fourth-order valence-corrected chi connectivity index (χ4v) is 2.08. The average molecular weight is 328 g/mol. The van der Waals surface area contributed by atoms with E-state index in [1.54, 1.807) is 25.1 Å². The smallest absolute Gasteiger partial charge is 0.292 e. The Hall–Kier alpha value is -1.56. The second kappa shape index (κ2) is 6.47. The molecule has 1 aromatic carbocycles. The van der Waals surface area contributed by atoms with Crippen LogP contribution < -0.4 is 10.9 Å². The van der Waals surface area contributed by atoms with Crippen molar-refractivity contribution in [3.8, 4) is 5.69 Å². The van der Waals surface area contributed by atoms with E-state index in [2.05, 4.69) is 10.4 Å². The fourth-order valence-electron chi connectivity index (χ4n) is 1.71. The van der Waals surface area contributed by atoms with Crippen molar-refractivity contribution in [2.24, 2.45) is 0 Å². The monoisotopic (exact) mass is 327 g/mol. The lowest BCUT2D eigenvalue weighted by Crippen LogP contribution is -2.24. The van der Waals surface area contributed by atoms with Gasteiger partial charge in [-0.2, -0.15) is 9.78 Å². The molecule has 2 aromatic rings. The summed E-state index contributed by atoms with van der Waals surface area (Å²) in [4.78, 5) is 12.3. The molecule has 1 aromatic heterocycles.